The minimum absolute atomic E-state index is 0.444. The lowest BCUT2D eigenvalue weighted by Crippen LogP contribution is -2.23. The minimum atomic E-state index is -0.444. The predicted molar refractivity (Wildman–Crippen MR) is 156 cm³/mol. The van der Waals surface area contributed by atoms with Crippen molar-refractivity contribution < 1.29 is 0 Å². The second-order valence-electron chi connectivity index (χ2n) is 10.5. The van der Waals surface area contributed by atoms with E-state index in [1.807, 2.05) is 41.2 Å². The van der Waals surface area contributed by atoms with Crippen molar-refractivity contribution in [2.45, 2.75) is 19.3 Å². The Morgan fingerprint density at radius 2 is 1.33 bits per heavy atom. The van der Waals surface area contributed by atoms with Gasteiger partial charge in [-0.15, -0.1) is 0 Å². The molecule has 8 aromatic rings. The topological polar surface area (TPSA) is 60.9 Å². The maximum Gasteiger partial charge on any atom is 0.154 e. The van der Waals surface area contributed by atoms with Crippen molar-refractivity contribution in [1.29, 1.82) is 0 Å². The first-order valence-electron chi connectivity index (χ1n) is 13.1. The Bertz CT molecular complexity index is 2220. The third kappa shape index (κ3) is 3.15. The summed E-state index contributed by atoms with van der Waals surface area (Å²) in [6, 6.07) is 35.3. The molecule has 0 N–H and O–H groups in total. The van der Waals surface area contributed by atoms with Gasteiger partial charge in [0.1, 0.15) is 5.65 Å². The van der Waals surface area contributed by atoms with Crippen LogP contribution in [0.2, 0.25) is 0 Å². The molecule has 0 aliphatic carbocycles. The number of hydrogen-bond acceptors (Lipinski definition) is 4. The van der Waals surface area contributed by atoms with Crippen molar-refractivity contribution in [2.24, 2.45) is 0 Å². The molecule has 5 aromatic heterocycles. The van der Waals surface area contributed by atoms with Gasteiger partial charge in [-0.05, 0) is 56.3 Å². The molecule has 0 aliphatic heterocycles. The molecule has 0 aliphatic rings. The molecule has 0 fully saturated rings. The number of imidazole rings is 1. The van der Waals surface area contributed by atoms with E-state index >= 15 is 0 Å². The summed E-state index contributed by atoms with van der Waals surface area (Å²) >= 11 is 0. The number of hydrogen-bond donors (Lipinski definition) is 0. The normalized spacial score (nSPS) is 12.4. The van der Waals surface area contributed by atoms with Crippen LogP contribution in [0.15, 0.2) is 109 Å². The molecule has 39 heavy (non-hydrogen) atoms. The number of aromatic nitrogens is 6. The van der Waals surface area contributed by atoms with E-state index < -0.39 is 5.41 Å². The number of para-hydroxylation sites is 3. The Morgan fingerprint density at radius 1 is 0.590 bits per heavy atom. The summed E-state index contributed by atoms with van der Waals surface area (Å²) in [5, 5.41) is 7.89. The van der Waals surface area contributed by atoms with Crippen LogP contribution in [0, 0.1) is 0 Å². The second-order valence-corrected chi connectivity index (χ2v) is 10.5. The van der Waals surface area contributed by atoms with E-state index in [2.05, 4.69) is 96.1 Å². The van der Waals surface area contributed by atoms with Gasteiger partial charge in [0.25, 0.3) is 0 Å². The first kappa shape index (κ1) is 21.9. The molecule has 0 spiro atoms. The summed E-state index contributed by atoms with van der Waals surface area (Å²) in [5.41, 5.74) is 7.50. The summed E-state index contributed by atoms with van der Waals surface area (Å²) in [7, 11) is 0. The van der Waals surface area contributed by atoms with Gasteiger partial charge in [-0.3, -0.25) is 4.40 Å². The van der Waals surface area contributed by atoms with E-state index in [-0.39, 0.29) is 0 Å². The summed E-state index contributed by atoms with van der Waals surface area (Å²) in [5.74, 6) is 0.791. The predicted octanol–water partition coefficient (Wildman–Crippen LogP) is 7.25. The highest BCUT2D eigenvalue weighted by Crippen LogP contribution is 2.35. The number of benzene rings is 3. The van der Waals surface area contributed by atoms with Crippen molar-refractivity contribution in [3.05, 3.63) is 121 Å². The third-order valence-electron chi connectivity index (χ3n) is 7.81. The highest BCUT2D eigenvalue weighted by molar-refractivity contribution is 6.12. The Hall–Kier alpha value is -5.10. The quantitative estimate of drug-likeness (QED) is 0.238. The van der Waals surface area contributed by atoms with Gasteiger partial charge in [0, 0.05) is 21.6 Å². The average molecular weight is 505 g/mol. The smallest absolute Gasteiger partial charge is 0.154 e. The molecule has 0 amide bonds. The zero-order chi connectivity index (χ0) is 26.1. The molecule has 0 radical (unpaired) electrons. The summed E-state index contributed by atoms with van der Waals surface area (Å²) < 4.78 is 4.13. The summed E-state index contributed by atoms with van der Waals surface area (Å²) in [6.07, 6.45) is 1.88. The van der Waals surface area contributed by atoms with Crippen LogP contribution in [0.3, 0.4) is 0 Å². The SMILES string of the molecule is CC(C)(c1cccc(-n2ncc3ccccc32)n1)c1ccc2c(n1)c1ccccc1c1nc3ccccc3n21. The van der Waals surface area contributed by atoms with Crippen LogP contribution < -0.4 is 0 Å². The lowest BCUT2D eigenvalue weighted by atomic mass is 9.84. The van der Waals surface area contributed by atoms with Gasteiger partial charge < -0.3 is 0 Å². The van der Waals surface area contributed by atoms with E-state index in [9.17, 15) is 0 Å². The second kappa shape index (κ2) is 7.95. The third-order valence-corrected chi connectivity index (χ3v) is 7.81. The van der Waals surface area contributed by atoms with Crippen molar-refractivity contribution in [1.82, 2.24) is 29.1 Å². The van der Waals surface area contributed by atoms with Crippen LogP contribution in [0.1, 0.15) is 25.2 Å². The van der Waals surface area contributed by atoms with Crippen LogP contribution in [0.25, 0.3) is 55.2 Å². The van der Waals surface area contributed by atoms with Crippen LogP contribution in [-0.2, 0) is 5.41 Å². The fraction of sp³-hybridized carbons (Fsp3) is 0.0909. The van der Waals surface area contributed by atoms with E-state index in [0.29, 0.717) is 0 Å². The van der Waals surface area contributed by atoms with Crippen LogP contribution in [0.5, 0.6) is 0 Å². The molecule has 0 bridgehead atoms. The molecular weight excluding hydrogens is 480 g/mol. The molecule has 6 heteroatoms. The Morgan fingerprint density at radius 3 is 2.23 bits per heavy atom. The minimum Gasteiger partial charge on any atom is -0.290 e. The van der Waals surface area contributed by atoms with Crippen LogP contribution in [-0.4, -0.2) is 29.1 Å². The fourth-order valence-corrected chi connectivity index (χ4v) is 5.69. The largest absolute Gasteiger partial charge is 0.290 e. The first-order chi connectivity index (χ1) is 19.1. The maximum atomic E-state index is 5.32. The van der Waals surface area contributed by atoms with Crippen molar-refractivity contribution in [3.63, 3.8) is 0 Å². The zero-order valence-corrected chi connectivity index (χ0v) is 21.6. The molecule has 3 aromatic carbocycles. The molecule has 0 unspecified atom stereocenters. The lowest BCUT2D eigenvalue weighted by Gasteiger charge is -2.25. The summed E-state index contributed by atoms with van der Waals surface area (Å²) in [4.78, 5) is 15.4. The van der Waals surface area contributed by atoms with E-state index in [1.165, 1.54) is 0 Å². The average Bonchev–Trinajstić information content (AvgIpc) is 3.59. The molecule has 5 heterocycles. The summed E-state index contributed by atoms with van der Waals surface area (Å²) in [6.45, 7) is 4.36. The number of fused-ring (bicyclic) bond motifs is 9. The number of nitrogens with zero attached hydrogens (tertiary/aromatic N) is 6. The van der Waals surface area contributed by atoms with Gasteiger partial charge in [0.2, 0.25) is 0 Å². The highest BCUT2D eigenvalue weighted by atomic mass is 15.3. The fourth-order valence-electron chi connectivity index (χ4n) is 5.69. The Labute approximate surface area is 224 Å². The van der Waals surface area contributed by atoms with Gasteiger partial charge in [0.15, 0.2) is 5.82 Å². The van der Waals surface area contributed by atoms with Gasteiger partial charge >= 0.3 is 0 Å². The highest BCUT2D eigenvalue weighted by Gasteiger charge is 2.28. The molecular formula is C33H24N6. The standard InChI is InChI=1S/C33H24N6/c1-33(2,28-16-9-17-30(36-28)39-25-14-7-3-10-21(25)20-34-39)29-19-18-27-31(37-29)22-11-4-5-12-23(22)32-35-24-13-6-8-15-26(24)38(27)32/h3-20H,1-2H3. The molecule has 0 atom stereocenters. The molecule has 0 saturated carbocycles. The monoisotopic (exact) mass is 504 g/mol. The Kier molecular flexibility index (Phi) is 4.47. The van der Waals surface area contributed by atoms with Gasteiger partial charge in [0.05, 0.1) is 45.2 Å². The van der Waals surface area contributed by atoms with Crippen LogP contribution >= 0.6 is 0 Å². The Balaban J connectivity index is 1.34. The molecule has 8 rings (SSSR count). The molecule has 186 valence electrons. The van der Waals surface area contributed by atoms with Gasteiger partial charge in [-0.2, -0.15) is 5.10 Å². The van der Waals surface area contributed by atoms with E-state index in [0.717, 1.165) is 66.6 Å². The van der Waals surface area contributed by atoms with Crippen LogP contribution in [0.4, 0.5) is 0 Å². The zero-order valence-electron chi connectivity index (χ0n) is 21.6. The first-order valence-corrected chi connectivity index (χ1v) is 13.1. The lowest BCUT2D eigenvalue weighted by molar-refractivity contribution is 0.595. The van der Waals surface area contributed by atoms with Gasteiger partial charge in [-0.1, -0.05) is 60.7 Å². The van der Waals surface area contributed by atoms with Crippen molar-refractivity contribution in [3.8, 4) is 5.82 Å². The van der Waals surface area contributed by atoms with Crippen molar-refractivity contribution >= 4 is 49.4 Å². The maximum absolute atomic E-state index is 5.32. The number of rotatable bonds is 3. The van der Waals surface area contributed by atoms with E-state index in [4.69, 9.17) is 15.0 Å². The van der Waals surface area contributed by atoms with Gasteiger partial charge in [-0.25, -0.2) is 19.6 Å². The molecule has 6 nitrogen and oxygen atoms in total. The van der Waals surface area contributed by atoms with E-state index in [1.54, 1.807) is 0 Å². The number of pyridine rings is 3. The molecule has 0 saturated heterocycles. The van der Waals surface area contributed by atoms with Crippen molar-refractivity contribution in [2.75, 3.05) is 0 Å².